The van der Waals surface area contributed by atoms with E-state index in [9.17, 15) is 9.18 Å². The lowest BCUT2D eigenvalue weighted by molar-refractivity contribution is 0.0690. The summed E-state index contributed by atoms with van der Waals surface area (Å²) < 4.78 is 13.1. The minimum absolute atomic E-state index is 0.0664. The zero-order valence-corrected chi connectivity index (χ0v) is 9.92. The lowest BCUT2D eigenvalue weighted by atomic mass is 10.2. The van der Waals surface area contributed by atoms with E-state index in [1.165, 1.54) is 23.5 Å². The number of benzene rings is 1. The Morgan fingerprint density at radius 1 is 1.53 bits per heavy atom. The van der Waals surface area contributed by atoms with Gasteiger partial charge in [0, 0.05) is 10.4 Å². The molecule has 17 heavy (non-hydrogen) atoms. The van der Waals surface area contributed by atoms with E-state index >= 15 is 0 Å². The van der Waals surface area contributed by atoms with Crippen molar-refractivity contribution in [3.63, 3.8) is 0 Å². The third-order valence-electron chi connectivity index (χ3n) is 2.29. The van der Waals surface area contributed by atoms with E-state index < -0.39 is 5.97 Å². The van der Waals surface area contributed by atoms with Crippen LogP contribution in [0.5, 0.6) is 0 Å². The van der Waals surface area contributed by atoms with Gasteiger partial charge >= 0.3 is 5.97 Å². The molecule has 0 amide bonds. The van der Waals surface area contributed by atoms with Gasteiger partial charge in [0.1, 0.15) is 10.8 Å². The highest BCUT2D eigenvalue weighted by atomic mass is 32.1. The van der Waals surface area contributed by atoms with Crippen LogP contribution in [0.1, 0.15) is 22.3 Å². The summed E-state index contributed by atoms with van der Waals surface area (Å²) in [5.74, 6) is -1.40. The Balaban J connectivity index is 2.50. The summed E-state index contributed by atoms with van der Waals surface area (Å²) in [6, 6.07) is 5.99. The topological polar surface area (TPSA) is 50.2 Å². The fourth-order valence-electron chi connectivity index (χ4n) is 1.50. The first kappa shape index (κ1) is 11.7. The molecule has 0 atom stereocenters. The van der Waals surface area contributed by atoms with Crippen molar-refractivity contribution in [3.8, 4) is 10.6 Å². The summed E-state index contributed by atoms with van der Waals surface area (Å²) in [4.78, 5) is 15.7. The lowest BCUT2D eigenvalue weighted by Gasteiger charge is -1.94. The van der Waals surface area contributed by atoms with Crippen LogP contribution in [0.15, 0.2) is 24.3 Å². The van der Waals surface area contributed by atoms with E-state index in [0.717, 1.165) is 0 Å². The molecule has 0 saturated heterocycles. The molecular formula is C12H10FNO2S. The van der Waals surface area contributed by atoms with Crippen LogP contribution >= 0.6 is 11.3 Å². The van der Waals surface area contributed by atoms with Gasteiger partial charge in [0.15, 0.2) is 5.69 Å². The molecule has 1 aromatic carbocycles. The van der Waals surface area contributed by atoms with Gasteiger partial charge in [-0.1, -0.05) is 19.1 Å². The zero-order chi connectivity index (χ0) is 12.4. The zero-order valence-electron chi connectivity index (χ0n) is 9.11. The number of hydrogen-bond donors (Lipinski definition) is 1. The second-order valence-electron chi connectivity index (χ2n) is 3.46. The smallest absolute Gasteiger partial charge is 0.355 e. The van der Waals surface area contributed by atoms with E-state index in [0.29, 0.717) is 21.9 Å². The van der Waals surface area contributed by atoms with Crippen LogP contribution < -0.4 is 0 Å². The molecule has 0 radical (unpaired) electrons. The van der Waals surface area contributed by atoms with E-state index in [-0.39, 0.29) is 11.5 Å². The van der Waals surface area contributed by atoms with Crippen LogP contribution in [0, 0.1) is 5.82 Å². The maximum atomic E-state index is 13.1. The standard InChI is InChI=1S/C12H10FNO2S/c1-2-9-10(12(15)16)14-11(17-9)7-4-3-5-8(13)6-7/h3-6H,2H2,1H3,(H,15,16). The van der Waals surface area contributed by atoms with Crippen LogP contribution in [0.2, 0.25) is 0 Å². The number of hydrogen-bond acceptors (Lipinski definition) is 3. The molecule has 0 saturated carbocycles. The number of aryl methyl sites for hydroxylation is 1. The number of aromatic carboxylic acids is 1. The minimum atomic E-state index is -1.04. The third kappa shape index (κ3) is 2.34. The van der Waals surface area contributed by atoms with Gasteiger partial charge in [-0.05, 0) is 18.6 Å². The molecular weight excluding hydrogens is 241 g/mol. The number of carbonyl (C=O) groups is 1. The first-order valence-corrected chi connectivity index (χ1v) is 5.92. The normalized spacial score (nSPS) is 10.5. The van der Waals surface area contributed by atoms with Crippen molar-refractivity contribution in [1.29, 1.82) is 0 Å². The molecule has 88 valence electrons. The lowest BCUT2D eigenvalue weighted by Crippen LogP contribution is -1.99. The predicted octanol–water partition coefficient (Wildman–Crippen LogP) is 3.21. The van der Waals surface area contributed by atoms with Crippen LogP contribution in [0.4, 0.5) is 4.39 Å². The van der Waals surface area contributed by atoms with Gasteiger partial charge in [-0.25, -0.2) is 14.2 Å². The van der Waals surface area contributed by atoms with Gasteiger partial charge in [-0.3, -0.25) is 0 Å². The van der Waals surface area contributed by atoms with Gasteiger partial charge in [-0.15, -0.1) is 11.3 Å². The van der Waals surface area contributed by atoms with Crippen molar-refractivity contribution in [2.24, 2.45) is 0 Å². The molecule has 0 spiro atoms. The number of aromatic nitrogens is 1. The quantitative estimate of drug-likeness (QED) is 0.911. The molecule has 5 heteroatoms. The van der Waals surface area contributed by atoms with Crippen molar-refractivity contribution in [3.05, 3.63) is 40.7 Å². The van der Waals surface area contributed by atoms with Crippen molar-refractivity contribution in [2.75, 3.05) is 0 Å². The van der Waals surface area contributed by atoms with Crippen LogP contribution in [-0.4, -0.2) is 16.1 Å². The van der Waals surface area contributed by atoms with Crippen LogP contribution in [-0.2, 0) is 6.42 Å². The fraction of sp³-hybridized carbons (Fsp3) is 0.167. The maximum absolute atomic E-state index is 13.1. The molecule has 1 aromatic heterocycles. The Hall–Kier alpha value is -1.75. The summed E-state index contributed by atoms with van der Waals surface area (Å²) >= 11 is 1.29. The second kappa shape index (κ2) is 4.63. The van der Waals surface area contributed by atoms with Gasteiger partial charge in [0.2, 0.25) is 0 Å². The molecule has 2 rings (SSSR count). The fourth-order valence-corrected chi connectivity index (χ4v) is 2.49. The summed E-state index contributed by atoms with van der Waals surface area (Å²) in [6.07, 6.45) is 0.606. The Morgan fingerprint density at radius 2 is 2.29 bits per heavy atom. The summed E-state index contributed by atoms with van der Waals surface area (Å²) in [6.45, 7) is 1.87. The summed E-state index contributed by atoms with van der Waals surface area (Å²) in [7, 11) is 0. The SMILES string of the molecule is CCc1sc(-c2cccc(F)c2)nc1C(=O)O. The monoisotopic (exact) mass is 251 g/mol. The minimum Gasteiger partial charge on any atom is -0.476 e. The van der Waals surface area contributed by atoms with Crippen molar-refractivity contribution < 1.29 is 14.3 Å². The largest absolute Gasteiger partial charge is 0.476 e. The number of rotatable bonds is 3. The van der Waals surface area contributed by atoms with Crippen LogP contribution in [0.25, 0.3) is 10.6 Å². The van der Waals surface area contributed by atoms with Gasteiger partial charge in [-0.2, -0.15) is 0 Å². The van der Waals surface area contributed by atoms with E-state index in [2.05, 4.69) is 4.98 Å². The highest BCUT2D eigenvalue weighted by Gasteiger charge is 2.16. The first-order valence-electron chi connectivity index (χ1n) is 5.10. The molecule has 1 heterocycles. The molecule has 0 bridgehead atoms. The van der Waals surface area contributed by atoms with Gasteiger partial charge < -0.3 is 5.11 Å². The van der Waals surface area contributed by atoms with E-state index in [1.54, 1.807) is 12.1 Å². The Morgan fingerprint density at radius 3 is 2.82 bits per heavy atom. The number of halogens is 1. The summed E-state index contributed by atoms with van der Waals surface area (Å²) in [5.41, 5.74) is 0.675. The molecule has 2 aromatic rings. The Labute approximate surface area is 102 Å². The molecule has 0 aliphatic carbocycles. The highest BCUT2D eigenvalue weighted by molar-refractivity contribution is 7.15. The van der Waals surface area contributed by atoms with E-state index in [1.807, 2.05) is 6.92 Å². The average molecular weight is 251 g/mol. The molecule has 0 fully saturated rings. The molecule has 1 N–H and O–H groups in total. The molecule has 0 aliphatic heterocycles. The third-order valence-corrected chi connectivity index (χ3v) is 3.54. The number of carboxylic acids is 1. The molecule has 0 aliphatic rings. The Kier molecular flexibility index (Phi) is 3.19. The number of nitrogens with zero attached hydrogens (tertiary/aromatic N) is 1. The number of carboxylic acid groups (broad SMARTS) is 1. The predicted molar refractivity (Wildman–Crippen MR) is 63.8 cm³/mol. The first-order chi connectivity index (χ1) is 8.11. The van der Waals surface area contributed by atoms with Crippen molar-refractivity contribution in [1.82, 2.24) is 4.98 Å². The maximum Gasteiger partial charge on any atom is 0.355 e. The average Bonchev–Trinajstić information content (AvgIpc) is 2.73. The van der Waals surface area contributed by atoms with Crippen molar-refractivity contribution >= 4 is 17.3 Å². The molecule has 3 nitrogen and oxygen atoms in total. The van der Waals surface area contributed by atoms with E-state index in [4.69, 9.17) is 5.11 Å². The van der Waals surface area contributed by atoms with Crippen molar-refractivity contribution in [2.45, 2.75) is 13.3 Å². The van der Waals surface area contributed by atoms with Crippen LogP contribution in [0.3, 0.4) is 0 Å². The van der Waals surface area contributed by atoms with Gasteiger partial charge in [0.25, 0.3) is 0 Å². The highest BCUT2D eigenvalue weighted by Crippen LogP contribution is 2.28. The Bertz CT molecular complexity index is 565. The van der Waals surface area contributed by atoms with Gasteiger partial charge in [0.05, 0.1) is 0 Å². The number of thiazole rings is 1. The summed E-state index contributed by atoms with van der Waals surface area (Å²) in [5, 5.41) is 9.52. The second-order valence-corrected chi connectivity index (χ2v) is 4.54. The molecule has 0 unspecified atom stereocenters.